The topological polar surface area (TPSA) is 52.0 Å². The summed E-state index contributed by atoms with van der Waals surface area (Å²) in [6.07, 6.45) is 0. The van der Waals surface area contributed by atoms with Crippen LogP contribution in [0.25, 0.3) is 22.6 Å². The fraction of sp³-hybridized carbons (Fsp3) is 0. The van der Waals surface area contributed by atoms with Crippen molar-refractivity contribution < 1.29 is 8.81 Å². The minimum atomic E-state index is -0.339. The third-order valence-electron chi connectivity index (χ3n) is 2.57. The van der Waals surface area contributed by atoms with Crippen LogP contribution in [0.2, 0.25) is 0 Å². The number of fused-ring (bicyclic) bond motifs is 1. The Morgan fingerprint density at radius 3 is 2.83 bits per heavy atom. The Kier molecular flexibility index (Phi) is 2.56. The smallest absolute Gasteiger partial charge is 0.228 e. The second kappa shape index (κ2) is 4.10. The predicted molar refractivity (Wildman–Crippen MR) is 71.5 cm³/mol. The predicted octanol–water partition coefficient (Wildman–Crippen LogP) is 3.98. The molecule has 18 heavy (non-hydrogen) atoms. The van der Waals surface area contributed by atoms with Crippen LogP contribution in [-0.2, 0) is 0 Å². The van der Waals surface area contributed by atoms with Crippen molar-refractivity contribution in [3.8, 4) is 11.5 Å². The van der Waals surface area contributed by atoms with Gasteiger partial charge in [-0.25, -0.2) is 9.37 Å². The summed E-state index contributed by atoms with van der Waals surface area (Å²) in [4.78, 5) is 4.25. The van der Waals surface area contributed by atoms with Crippen LogP contribution in [0, 0.1) is 5.82 Å². The molecule has 0 saturated heterocycles. The highest BCUT2D eigenvalue weighted by atomic mass is 79.9. The summed E-state index contributed by atoms with van der Waals surface area (Å²) < 4.78 is 19.5. The van der Waals surface area contributed by atoms with Crippen molar-refractivity contribution in [3.05, 3.63) is 46.7 Å². The van der Waals surface area contributed by atoms with E-state index in [-0.39, 0.29) is 5.82 Å². The molecule has 3 rings (SSSR count). The lowest BCUT2D eigenvalue weighted by Crippen LogP contribution is -1.86. The standard InChI is InChI=1S/C13H8BrFN2O/c14-10-3-2-8(16)6-9(10)13-17-11-5-7(15)1-4-12(11)18-13/h1-6H,16H2. The average Bonchev–Trinajstić information content (AvgIpc) is 2.74. The number of nitrogen functional groups attached to an aromatic ring is 1. The van der Waals surface area contributed by atoms with Gasteiger partial charge in [-0.05, 0) is 46.3 Å². The second-order valence-corrected chi connectivity index (χ2v) is 4.72. The SMILES string of the molecule is Nc1ccc(Br)c(-c2nc3cc(F)ccc3o2)c1. The van der Waals surface area contributed by atoms with Crippen LogP contribution in [0.15, 0.2) is 45.3 Å². The Labute approximate surface area is 111 Å². The van der Waals surface area contributed by atoms with Crippen molar-refractivity contribution in [3.63, 3.8) is 0 Å². The fourth-order valence-electron chi connectivity index (χ4n) is 1.72. The molecule has 2 N–H and O–H groups in total. The van der Waals surface area contributed by atoms with Gasteiger partial charge in [0.1, 0.15) is 11.3 Å². The van der Waals surface area contributed by atoms with Crippen molar-refractivity contribution in [1.29, 1.82) is 0 Å². The van der Waals surface area contributed by atoms with Crippen molar-refractivity contribution in [2.45, 2.75) is 0 Å². The second-order valence-electron chi connectivity index (χ2n) is 3.87. The molecule has 3 aromatic rings. The lowest BCUT2D eigenvalue weighted by Gasteiger charge is -2.00. The molecule has 0 bridgehead atoms. The molecule has 2 aromatic carbocycles. The highest BCUT2D eigenvalue weighted by Gasteiger charge is 2.12. The van der Waals surface area contributed by atoms with Crippen molar-refractivity contribution >= 4 is 32.7 Å². The van der Waals surface area contributed by atoms with E-state index in [0.717, 1.165) is 10.0 Å². The maximum atomic E-state index is 13.1. The molecule has 0 amide bonds. The zero-order valence-electron chi connectivity index (χ0n) is 9.15. The molecule has 0 spiro atoms. The summed E-state index contributed by atoms with van der Waals surface area (Å²) in [5.41, 5.74) is 8.12. The monoisotopic (exact) mass is 306 g/mol. The normalized spacial score (nSPS) is 11.0. The van der Waals surface area contributed by atoms with Gasteiger partial charge in [-0.1, -0.05) is 0 Å². The molecular weight excluding hydrogens is 299 g/mol. The van der Waals surface area contributed by atoms with Gasteiger partial charge in [0, 0.05) is 16.2 Å². The fourth-order valence-corrected chi connectivity index (χ4v) is 2.14. The summed E-state index contributed by atoms with van der Waals surface area (Å²) in [6.45, 7) is 0. The molecule has 3 nitrogen and oxygen atoms in total. The molecule has 0 aliphatic rings. The molecule has 90 valence electrons. The summed E-state index contributed by atoms with van der Waals surface area (Å²) in [6, 6.07) is 9.58. The molecule has 1 heterocycles. The number of anilines is 1. The Morgan fingerprint density at radius 2 is 2.00 bits per heavy atom. The van der Waals surface area contributed by atoms with Gasteiger partial charge in [0.25, 0.3) is 0 Å². The first-order valence-corrected chi connectivity index (χ1v) is 6.04. The van der Waals surface area contributed by atoms with Gasteiger partial charge in [0.15, 0.2) is 5.58 Å². The number of halogens is 2. The van der Waals surface area contributed by atoms with E-state index in [9.17, 15) is 4.39 Å². The minimum Gasteiger partial charge on any atom is -0.436 e. The van der Waals surface area contributed by atoms with Crippen molar-refractivity contribution in [2.75, 3.05) is 5.73 Å². The Bertz CT molecular complexity index is 739. The van der Waals surface area contributed by atoms with Crippen LogP contribution in [0.1, 0.15) is 0 Å². The lowest BCUT2D eigenvalue weighted by molar-refractivity contribution is 0.613. The minimum absolute atomic E-state index is 0.339. The van der Waals surface area contributed by atoms with Gasteiger partial charge in [0.2, 0.25) is 5.89 Å². The summed E-state index contributed by atoms with van der Waals surface area (Å²) >= 11 is 3.41. The van der Waals surface area contributed by atoms with E-state index in [1.165, 1.54) is 12.1 Å². The third kappa shape index (κ3) is 1.86. The number of rotatable bonds is 1. The van der Waals surface area contributed by atoms with Gasteiger partial charge in [0.05, 0.1) is 5.56 Å². The van der Waals surface area contributed by atoms with Crippen LogP contribution in [0.3, 0.4) is 0 Å². The molecule has 0 aliphatic heterocycles. The van der Waals surface area contributed by atoms with Crippen molar-refractivity contribution in [2.24, 2.45) is 0 Å². The molecule has 0 aliphatic carbocycles. The number of nitrogens with two attached hydrogens (primary N) is 1. The highest BCUT2D eigenvalue weighted by molar-refractivity contribution is 9.10. The van der Waals surface area contributed by atoms with Gasteiger partial charge < -0.3 is 10.2 Å². The summed E-state index contributed by atoms with van der Waals surface area (Å²) in [5, 5.41) is 0. The van der Waals surface area contributed by atoms with Crippen LogP contribution < -0.4 is 5.73 Å². The van der Waals surface area contributed by atoms with Crippen LogP contribution in [-0.4, -0.2) is 4.98 Å². The quantitative estimate of drug-likeness (QED) is 0.692. The van der Waals surface area contributed by atoms with E-state index in [4.69, 9.17) is 10.2 Å². The molecule has 0 atom stereocenters. The number of benzene rings is 2. The van der Waals surface area contributed by atoms with E-state index in [1.54, 1.807) is 18.2 Å². The van der Waals surface area contributed by atoms with E-state index in [2.05, 4.69) is 20.9 Å². The number of nitrogens with zero attached hydrogens (tertiary/aromatic N) is 1. The molecular formula is C13H8BrFN2O. The molecule has 0 fully saturated rings. The maximum Gasteiger partial charge on any atom is 0.228 e. The van der Waals surface area contributed by atoms with Crippen molar-refractivity contribution in [1.82, 2.24) is 4.98 Å². The first-order valence-electron chi connectivity index (χ1n) is 5.25. The van der Waals surface area contributed by atoms with E-state index < -0.39 is 0 Å². The number of hydrogen-bond donors (Lipinski definition) is 1. The number of oxazole rings is 1. The largest absolute Gasteiger partial charge is 0.436 e. The number of aromatic nitrogens is 1. The Morgan fingerprint density at radius 1 is 1.17 bits per heavy atom. The maximum absolute atomic E-state index is 13.1. The van der Waals surface area contributed by atoms with Crippen LogP contribution >= 0.6 is 15.9 Å². The van der Waals surface area contributed by atoms with Crippen LogP contribution in [0.4, 0.5) is 10.1 Å². The van der Waals surface area contributed by atoms with E-state index in [0.29, 0.717) is 22.7 Å². The third-order valence-corrected chi connectivity index (χ3v) is 3.26. The van der Waals surface area contributed by atoms with E-state index in [1.807, 2.05) is 6.07 Å². The highest BCUT2D eigenvalue weighted by Crippen LogP contribution is 2.31. The van der Waals surface area contributed by atoms with Gasteiger partial charge in [-0.2, -0.15) is 0 Å². The van der Waals surface area contributed by atoms with Crippen LogP contribution in [0.5, 0.6) is 0 Å². The Hall–Kier alpha value is -1.88. The molecule has 1 aromatic heterocycles. The average molecular weight is 307 g/mol. The van der Waals surface area contributed by atoms with E-state index >= 15 is 0 Å². The first kappa shape index (κ1) is 11.2. The molecule has 0 radical (unpaired) electrons. The summed E-state index contributed by atoms with van der Waals surface area (Å²) in [5.74, 6) is 0.0729. The zero-order chi connectivity index (χ0) is 12.7. The Balaban J connectivity index is 2.22. The molecule has 0 unspecified atom stereocenters. The van der Waals surface area contributed by atoms with Gasteiger partial charge >= 0.3 is 0 Å². The molecule has 0 saturated carbocycles. The first-order chi connectivity index (χ1) is 8.63. The number of hydrogen-bond acceptors (Lipinski definition) is 3. The molecule has 5 heteroatoms. The van der Waals surface area contributed by atoms with Gasteiger partial charge in [-0.15, -0.1) is 0 Å². The zero-order valence-corrected chi connectivity index (χ0v) is 10.7. The lowest BCUT2D eigenvalue weighted by atomic mass is 10.2. The summed E-state index contributed by atoms with van der Waals surface area (Å²) in [7, 11) is 0. The van der Waals surface area contributed by atoms with Gasteiger partial charge in [-0.3, -0.25) is 0 Å².